The average molecular weight is 156 g/mol. The first-order chi connectivity index (χ1) is 5.16. The van der Waals surface area contributed by atoms with E-state index in [2.05, 4.69) is 14.9 Å². The highest BCUT2D eigenvalue weighted by atomic mass is 16.5. The van der Waals surface area contributed by atoms with Gasteiger partial charge in [-0.1, -0.05) is 0 Å². The highest BCUT2D eigenvalue weighted by molar-refractivity contribution is 5.92. The summed E-state index contributed by atoms with van der Waals surface area (Å²) in [7, 11) is 1.24. The average Bonchev–Trinajstić information content (AvgIpc) is 2.30. The van der Waals surface area contributed by atoms with Crippen LogP contribution in [0.4, 0.5) is 0 Å². The van der Waals surface area contributed by atoms with Gasteiger partial charge in [-0.15, -0.1) is 0 Å². The third kappa shape index (κ3) is 1.17. The lowest BCUT2D eigenvalue weighted by Crippen LogP contribution is -2.01. The quantitative estimate of drug-likeness (QED) is 0.570. The fourth-order valence-corrected chi connectivity index (χ4v) is 0.766. The molecule has 1 aromatic heterocycles. The van der Waals surface area contributed by atoms with E-state index in [1.54, 1.807) is 6.92 Å². The fourth-order valence-electron chi connectivity index (χ4n) is 0.766. The number of carbonyl (C=O) groups excluding carboxylic acids is 1. The van der Waals surface area contributed by atoms with Crippen LogP contribution < -0.4 is 0 Å². The summed E-state index contributed by atoms with van der Waals surface area (Å²) in [5.41, 5.74) is 0.516. The van der Waals surface area contributed by atoms with Crippen molar-refractivity contribution in [2.24, 2.45) is 0 Å². The number of nitrogens with zero attached hydrogens (tertiary/aromatic N) is 1. The Kier molecular flexibility index (Phi) is 1.80. The van der Waals surface area contributed by atoms with Crippen LogP contribution >= 0.6 is 0 Å². The largest absolute Gasteiger partial charge is 0.493 e. The summed E-state index contributed by atoms with van der Waals surface area (Å²) >= 11 is 0. The molecule has 11 heavy (non-hydrogen) atoms. The second-order valence-corrected chi connectivity index (χ2v) is 2.02. The molecule has 1 aromatic rings. The number of esters is 1. The van der Waals surface area contributed by atoms with Gasteiger partial charge in [-0.3, -0.25) is 0 Å². The molecular formula is C6H8N2O3. The Morgan fingerprint density at radius 2 is 2.36 bits per heavy atom. The maximum absolute atomic E-state index is 10.9. The number of nitrogens with one attached hydrogen (secondary N) is 1. The molecule has 0 fully saturated rings. The lowest BCUT2D eigenvalue weighted by molar-refractivity contribution is 0.0596. The molecule has 2 N–H and O–H groups in total. The van der Waals surface area contributed by atoms with Crippen LogP contribution in [-0.2, 0) is 4.74 Å². The Morgan fingerprint density at radius 3 is 2.73 bits per heavy atom. The van der Waals surface area contributed by atoms with E-state index < -0.39 is 5.97 Å². The second kappa shape index (κ2) is 2.61. The lowest BCUT2D eigenvalue weighted by Gasteiger charge is -1.95. The highest BCUT2D eigenvalue weighted by Crippen LogP contribution is 2.16. The standard InChI is InChI=1S/C6H8N2O3/c1-3-4(6(10)11-2)5(9)8-7-3/h1-2H3,(H2,7,8,9). The number of hydrogen-bond acceptors (Lipinski definition) is 4. The van der Waals surface area contributed by atoms with Crippen LogP contribution in [0.25, 0.3) is 0 Å². The Balaban J connectivity index is 3.10. The third-order valence-electron chi connectivity index (χ3n) is 1.32. The number of hydrogen-bond donors (Lipinski definition) is 2. The van der Waals surface area contributed by atoms with Crippen molar-refractivity contribution in [1.82, 2.24) is 10.2 Å². The van der Waals surface area contributed by atoms with Gasteiger partial charge in [0.15, 0.2) is 0 Å². The summed E-state index contributed by atoms with van der Waals surface area (Å²) in [6.45, 7) is 1.60. The summed E-state index contributed by atoms with van der Waals surface area (Å²) in [5.74, 6) is -0.844. The molecule has 0 saturated heterocycles. The van der Waals surface area contributed by atoms with Gasteiger partial charge in [-0.25, -0.2) is 9.89 Å². The highest BCUT2D eigenvalue weighted by Gasteiger charge is 2.17. The molecule has 0 spiro atoms. The Labute approximate surface area is 63.0 Å². The van der Waals surface area contributed by atoms with Crippen LogP contribution in [-0.4, -0.2) is 28.4 Å². The molecule has 0 radical (unpaired) electrons. The molecule has 0 unspecified atom stereocenters. The van der Waals surface area contributed by atoms with Gasteiger partial charge in [0.05, 0.1) is 12.8 Å². The van der Waals surface area contributed by atoms with E-state index in [-0.39, 0.29) is 11.4 Å². The van der Waals surface area contributed by atoms with Crippen LogP contribution in [0.5, 0.6) is 5.88 Å². The van der Waals surface area contributed by atoms with Gasteiger partial charge in [-0.2, -0.15) is 5.10 Å². The summed E-state index contributed by atoms with van der Waals surface area (Å²) in [6.07, 6.45) is 0. The number of ether oxygens (including phenoxy) is 1. The molecule has 0 saturated carbocycles. The fraction of sp³-hybridized carbons (Fsp3) is 0.333. The molecule has 0 atom stereocenters. The van der Waals surface area contributed by atoms with Crippen molar-refractivity contribution < 1.29 is 14.6 Å². The summed E-state index contributed by atoms with van der Waals surface area (Å²) in [4.78, 5) is 10.9. The second-order valence-electron chi connectivity index (χ2n) is 2.02. The van der Waals surface area contributed by atoms with Gasteiger partial charge in [0.2, 0.25) is 5.88 Å². The van der Waals surface area contributed by atoms with E-state index in [1.165, 1.54) is 7.11 Å². The lowest BCUT2D eigenvalue weighted by atomic mass is 10.2. The third-order valence-corrected chi connectivity index (χ3v) is 1.32. The number of aromatic hydroxyl groups is 1. The molecule has 60 valence electrons. The minimum Gasteiger partial charge on any atom is -0.493 e. The van der Waals surface area contributed by atoms with Crippen molar-refractivity contribution in [1.29, 1.82) is 0 Å². The van der Waals surface area contributed by atoms with E-state index in [1.807, 2.05) is 0 Å². The molecule has 5 nitrogen and oxygen atoms in total. The van der Waals surface area contributed by atoms with Crippen molar-refractivity contribution in [2.45, 2.75) is 6.92 Å². The van der Waals surface area contributed by atoms with Gasteiger partial charge in [0.25, 0.3) is 0 Å². The minimum absolute atomic E-state index is 0.0903. The first-order valence-electron chi connectivity index (χ1n) is 2.99. The molecule has 1 heterocycles. The zero-order valence-electron chi connectivity index (χ0n) is 6.21. The summed E-state index contributed by atoms with van der Waals surface area (Å²) < 4.78 is 4.40. The number of aromatic amines is 1. The van der Waals surface area contributed by atoms with Crippen molar-refractivity contribution in [3.05, 3.63) is 11.3 Å². The first kappa shape index (κ1) is 7.59. The van der Waals surface area contributed by atoms with E-state index >= 15 is 0 Å². The molecule has 0 aromatic carbocycles. The Bertz CT molecular complexity index is 260. The smallest absolute Gasteiger partial charge is 0.345 e. The number of aryl methyl sites for hydroxylation is 1. The van der Waals surface area contributed by atoms with Gasteiger partial charge < -0.3 is 9.84 Å². The SMILES string of the molecule is COC(=O)c1c(C)n[nH]c1O. The van der Waals surface area contributed by atoms with E-state index in [9.17, 15) is 4.79 Å². The molecule has 1 rings (SSSR count). The Hall–Kier alpha value is -1.52. The van der Waals surface area contributed by atoms with E-state index in [0.29, 0.717) is 5.69 Å². The number of methoxy groups -OCH3 is 1. The van der Waals surface area contributed by atoms with E-state index in [0.717, 1.165) is 0 Å². The maximum atomic E-state index is 10.9. The normalized spacial score (nSPS) is 9.64. The zero-order valence-corrected chi connectivity index (χ0v) is 6.21. The number of rotatable bonds is 1. The van der Waals surface area contributed by atoms with Crippen LogP contribution in [0, 0.1) is 6.92 Å². The first-order valence-corrected chi connectivity index (χ1v) is 2.99. The molecule has 0 bridgehead atoms. The van der Waals surface area contributed by atoms with Gasteiger partial charge in [-0.05, 0) is 6.92 Å². The molecular weight excluding hydrogens is 148 g/mol. The minimum atomic E-state index is -0.589. The predicted octanol–water partition coefficient (Wildman–Crippen LogP) is 0.210. The summed E-state index contributed by atoms with van der Waals surface area (Å²) in [5, 5.41) is 14.9. The van der Waals surface area contributed by atoms with Crippen LogP contribution in [0.2, 0.25) is 0 Å². The van der Waals surface area contributed by atoms with E-state index in [4.69, 9.17) is 5.11 Å². The number of carbonyl (C=O) groups is 1. The van der Waals surface area contributed by atoms with Crippen molar-refractivity contribution >= 4 is 5.97 Å². The van der Waals surface area contributed by atoms with Gasteiger partial charge in [0.1, 0.15) is 5.56 Å². The zero-order chi connectivity index (χ0) is 8.43. The molecule has 0 aliphatic heterocycles. The maximum Gasteiger partial charge on any atom is 0.345 e. The molecule has 0 aliphatic rings. The van der Waals surface area contributed by atoms with Crippen LogP contribution in [0.3, 0.4) is 0 Å². The van der Waals surface area contributed by atoms with Gasteiger partial charge in [0, 0.05) is 0 Å². The van der Waals surface area contributed by atoms with Crippen LogP contribution in [0.15, 0.2) is 0 Å². The molecule has 0 amide bonds. The molecule has 0 aliphatic carbocycles. The van der Waals surface area contributed by atoms with Gasteiger partial charge >= 0.3 is 5.97 Å². The van der Waals surface area contributed by atoms with Crippen LogP contribution in [0.1, 0.15) is 16.1 Å². The number of H-pyrrole nitrogens is 1. The predicted molar refractivity (Wildman–Crippen MR) is 36.3 cm³/mol. The Morgan fingerprint density at radius 1 is 1.73 bits per heavy atom. The monoisotopic (exact) mass is 156 g/mol. The topological polar surface area (TPSA) is 75.2 Å². The van der Waals surface area contributed by atoms with Crippen molar-refractivity contribution in [2.75, 3.05) is 7.11 Å². The summed E-state index contributed by atoms with van der Waals surface area (Å²) in [6, 6.07) is 0. The van der Waals surface area contributed by atoms with Crippen molar-refractivity contribution in [3.8, 4) is 5.88 Å². The molecule has 5 heteroatoms. The number of aromatic nitrogens is 2. The van der Waals surface area contributed by atoms with Crippen molar-refractivity contribution in [3.63, 3.8) is 0 Å².